The minimum Gasteiger partial charge on any atom is -0.400 e. The van der Waals surface area contributed by atoms with Crippen molar-refractivity contribution in [1.29, 1.82) is 0 Å². The van der Waals surface area contributed by atoms with Crippen molar-refractivity contribution in [3.05, 3.63) is 64.9 Å². The number of carbonyl (C=O) groups is 2. The maximum Gasteiger partial charge on any atom is 0.255 e. The highest BCUT2D eigenvalue weighted by Crippen LogP contribution is 2.38. The molecule has 0 radical (unpaired) electrons. The van der Waals surface area contributed by atoms with Crippen LogP contribution in [0.1, 0.15) is 56.3 Å². The smallest absolute Gasteiger partial charge is 0.255 e. The monoisotopic (exact) mass is 439 g/mol. The Hall–Kier alpha value is -2.90. The van der Waals surface area contributed by atoms with Crippen LogP contribution in [0.2, 0.25) is 0 Å². The zero-order valence-electron chi connectivity index (χ0n) is 19.1. The Bertz CT molecular complexity index is 964. The number of aliphatic hydroxyl groups is 1. The number of nitrogens with one attached hydrogen (secondary N) is 1. The fourth-order valence-electron chi connectivity index (χ4n) is 4.48. The Morgan fingerprint density at radius 3 is 2.75 bits per heavy atom. The fourth-order valence-corrected chi connectivity index (χ4v) is 4.48. The molecule has 2 aliphatic rings. The molecular weight excluding hydrogens is 406 g/mol. The maximum absolute atomic E-state index is 12.8. The number of fused-ring (bicyclic) bond motifs is 1. The Labute approximate surface area is 189 Å². The maximum atomic E-state index is 12.8. The SMILES string of the molecule is C=C(NC(=O)C1=CCC(OC(C)C)C(N)=C1)c1cccc2c1CC[C@@H]2N(CCO)C(C)=O. The van der Waals surface area contributed by atoms with Crippen LogP contribution in [0.15, 0.2) is 48.2 Å². The van der Waals surface area contributed by atoms with Gasteiger partial charge < -0.3 is 25.8 Å². The molecule has 4 N–H and O–H groups in total. The predicted molar refractivity (Wildman–Crippen MR) is 124 cm³/mol. The lowest BCUT2D eigenvalue weighted by atomic mass is 9.98. The van der Waals surface area contributed by atoms with Gasteiger partial charge in [-0.15, -0.1) is 0 Å². The van der Waals surface area contributed by atoms with Crippen molar-refractivity contribution in [3.63, 3.8) is 0 Å². The quantitative estimate of drug-likeness (QED) is 0.577. The van der Waals surface area contributed by atoms with Crippen LogP contribution < -0.4 is 11.1 Å². The van der Waals surface area contributed by atoms with E-state index < -0.39 is 0 Å². The second-order valence-electron chi connectivity index (χ2n) is 8.51. The van der Waals surface area contributed by atoms with Crippen molar-refractivity contribution in [2.45, 2.75) is 58.3 Å². The van der Waals surface area contributed by atoms with Gasteiger partial charge in [0.15, 0.2) is 0 Å². The molecule has 2 atom stereocenters. The van der Waals surface area contributed by atoms with E-state index in [9.17, 15) is 14.7 Å². The summed E-state index contributed by atoms with van der Waals surface area (Å²) in [6.07, 6.45) is 5.41. The van der Waals surface area contributed by atoms with Crippen molar-refractivity contribution >= 4 is 17.5 Å². The zero-order valence-corrected chi connectivity index (χ0v) is 19.1. The van der Waals surface area contributed by atoms with Crippen LogP contribution in [0.5, 0.6) is 0 Å². The molecule has 2 amide bonds. The first-order valence-electron chi connectivity index (χ1n) is 11.1. The molecule has 0 aliphatic heterocycles. The molecule has 0 fully saturated rings. The minimum absolute atomic E-state index is 0.0517. The summed E-state index contributed by atoms with van der Waals surface area (Å²) in [5, 5.41) is 12.3. The van der Waals surface area contributed by atoms with E-state index in [1.165, 1.54) is 6.92 Å². The molecule has 2 aliphatic carbocycles. The number of nitrogens with two attached hydrogens (primary N) is 1. The van der Waals surface area contributed by atoms with Gasteiger partial charge in [0, 0.05) is 36.0 Å². The number of aliphatic hydroxyl groups excluding tert-OH is 1. The molecule has 0 saturated carbocycles. The average Bonchev–Trinajstić information content (AvgIpc) is 3.16. The Balaban J connectivity index is 1.74. The largest absolute Gasteiger partial charge is 0.400 e. The third kappa shape index (κ3) is 5.11. The van der Waals surface area contributed by atoms with Gasteiger partial charge in [-0.25, -0.2) is 0 Å². The highest BCUT2D eigenvalue weighted by molar-refractivity contribution is 6.01. The van der Waals surface area contributed by atoms with Crippen LogP contribution in [0.4, 0.5) is 0 Å². The zero-order chi connectivity index (χ0) is 23.4. The second kappa shape index (κ2) is 10.1. The Morgan fingerprint density at radius 2 is 2.12 bits per heavy atom. The molecule has 0 saturated heterocycles. The summed E-state index contributed by atoms with van der Waals surface area (Å²) in [6, 6.07) is 5.76. The van der Waals surface area contributed by atoms with Gasteiger partial charge in [-0.2, -0.15) is 0 Å². The summed E-state index contributed by atoms with van der Waals surface area (Å²) in [5.74, 6) is -0.332. The number of benzene rings is 1. The standard InChI is InChI=1S/C25H33N3O4/c1-15(2)32-24-11-8-18(14-22(24)26)25(31)27-16(3)19-6-5-7-21-20(19)9-10-23(21)28(12-13-29)17(4)30/h5-8,14-15,23-24,29H,3,9-13,26H2,1-2,4H3,(H,27,31)/t23-,24?/m0/s1. The molecule has 0 bridgehead atoms. The topological polar surface area (TPSA) is 105 Å². The first kappa shape index (κ1) is 23.8. The molecule has 7 nitrogen and oxygen atoms in total. The summed E-state index contributed by atoms with van der Waals surface area (Å²) in [7, 11) is 0. The summed E-state index contributed by atoms with van der Waals surface area (Å²) >= 11 is 0. The van der Waals surface area contributed by atoms with E-state index in [0.717, 1.165) is 29.5 Å². The molecule has 0 spiro atoms. The lowest BCUT2D eigenvalue weighted by Crippen LogP contribution is -2.34. The van der Waals surface area contributed by atoms with E-state index in [0.29, 0.717) is 29.9 Å². The number of carbonyl (C=O) groups excluding carboxylic acids is 2. The predicted octanol–water partition coefficient (Wildman–Crippen LogP) is 2.57. The van der Waals surface area contributed by atoms with Crippen molar-refractivity contribution in [2.24, 2.45) is 5.73 Å². The van der Waals surface area contributed by atoms with Crippen LogP contribution >= 0.6 is 0 Å². The summed E-state index contributed by atoms with van der Waals surface area (Å²) in [6.45, 7) is 9.73. The number of rotatable bonds is 8. The lowest BCUT2D eigenvalue weighted by molar-refractivity contribution is -0.131. The summed E-state index contributed by atoms with van der Waals surface area (Å²) in [5.41, 5.74) is 10.6. The van der Waals surface area contributed by atoms with Crippen LogP contribution in [0, 0.1) is 0 Å². The summed E-state index contributed by atoms with van der Waals surface area (Å²) < 4.78 is 5.76. The van der Waals surface area contributed by atoms with Gasteiger partial charge in [-0.3, -0.25) is 9.59 Å². The van der Waals surface area contributed by atoms with Gasteiger partial charge in [0.25, 0.3) is 5.91 Å². The molecule has 1 aromatic carbocycles. The number of hydrogen-bond acceptors (Lipinski definition) is 5. The van der Waals surface area contributed by atoms with Crippen molar-refractivity contribution in [2.75, 3.05) is 13.2 Å². The molecule has 172 valence electrons. The van der Waals surface area contributed by atoms with Gasteiger partial charge in [-0.1, -0.05) is 30.9 Å². The number of hydrogen-bond donors (Lipinski definition) is 3. The Morgan fingerprint density at radius 1 is 1.38 bits per heavy atom. The number of ether oxygens (including phenoxy) is 1. The molecular formula is C25H33N3O4. The second-order valence-corrected chi connectivity index (χ2v) is 8.51. The van der Waals surface area contributed by atoms with Gasteiger partial charge in [0.05, 0.1) is 18.8 Å². The third-order valence-corrected chi connectivity index (χ3v) is 5.89. The number of nitrogens with zero attached hydrogens (tertiary/aromatic N) is 1. The van der Waals surface area contributed by atoms with Crippen LogP contribution in [0.3, 0.4) is 0 Å². The van der Waals surface area contributed by atoms with Crippen molar-refractivity contribution < 1.29 is 19.4 Å². The van der Waals surface area contributed by atoms with E-state index >= 15 is 0 Å². The van der Waals surface area contributed by atoms with E-state index in [1.807, 2.05) is 38.1 Å². The number of amides is 2. The lowest BCUT2D eigenvalue weighted by Gasteiger charge is -2.28. The average molecular weight is 440 g/mol. The molecule has 0 heterocycles. The molecule has 7 heteroatoms. The van der Waals surface area contributed by atoms with Crippen molar-refractivity contribution in [1.82, 2.24) is 10.2 Å². The van der Waals surface area contributed by atoms with Gasteiger partial charge >= 0.3 is 0 Å². The van der Waals surface area contributed by atoms with E-state index in [-0.39, 0.29) is 36.7 Å². The fraction of sp³-hybridized carbons (Fsp3) is 0.440. The first-order chi connectivity index (χ1) is 15.2. The molecule has 3 rings (SSSR count). The van der Waals surface area contributed by atoms with Crippen molar-refractivity contribution in [3.8, 4) is 0 Å². The molecule has 0 aromatic heterocycles. The molecule has 1 aromatic rings. The highest BCUT2D eigenvalue weighted by Gasteiger charge is 2.31. The van der Waals surface area contributed by atoms with E-state index in [1.54, 1.807) is 11.0 Å². The molecule has 1 unspecified atom stereocenters. The van der Waals surface area contributed by atoms with Gasteiger partial charge in [0.1, 0.15) is 6.10 Å². The summed E-state index contributed by atoms with van der Waals surface area (Å²) in [4.78, 5) is 26.6. The first-order valence-corrected chi connectivity index (χ1v) is 11.1. The third-order valence-electron chi connectivity index (χ3n) is 5.89. The highest BCUT2D eigenvalue weighted by atomic mass is 16.5. The molecule has 32 heavy (non-hydrogen) atoms. The van der Waals surface area contributed by atoms with Gasteiger partial charge in [0.2, 0.25) is 5.91 Å². The van der Waals surface area contributed by atoms with E-state index in [2.05, 4.69) is 11.9 Å². The Kier molecular flexibility index (Phi) is 7.53. The van der Waals surface area contributed by atoms with Crippen LogP contribution in [-0.4, -0.2) is 47.2 Å². The normalized spacial score (nSPS) is 19.8. The minimum atomic E-state index is -0.265. The van der Waals surface area contributed by atoms with Crippen LogP contribution in [-0.2, 0) is 20.7 Å². The van der Waals surface area contributed by atoms with Gasteiger partial charge in [-0.05, 0) is 50.3 Å². The van der Waals surface area contributed by atoms with Crippen LogP contribution in [0.25, 0.3) is 5.70 Å². The van der Waals surface area contributed by atoms with E-state index in [4.69, 9.17) is 10.5 Å².